The molecule has 2 atom stereocenters. The van der Waals surface area contributed by atoms with E-state index >= 15 is 0 Å². The van der Waals surface area contributed by atoms with Crippen molar-refractivity contribution in [2.24, 2.45) is 10.2 Å². The zero-order chi connectivity index (χ0) is 27.6. The molecule has 5 nitrogen and oxygen atoms in total. The Balaban J connectivity index is 1.21. The zero-order valence-electron chi connectivity index (χ0n) is 23.1. The van der Waals surface area contributed by atoms with E-state index in [9.17, 15) is 0 Å². The number of hydrazone groups is 2. The highest BCUT2D eigenvalue weighted by molar-refractivity contribution is 8.07. The molecule has 2 aliphatic rings. The number of thioether (sulfide) groups is 2. The van der Waals surface area contributed by atoms with Crippen molar-refractivity contribution in [3.8, 4) is 0 Å². The summed E-state index contributed by atoms with van der Waals surface area (Å²) < 4.78 is 2.40. The van der Waals surface area contributed by atoms with Crippen LogP contribution in [0.4, 0.5) is 11.4 Å². The van der Waals surface area contributed by atoms with Crippen LogP contribution in [0.2, 0.25) is 0 Å². The summed E-state index contributed by atoms with van der Waals surface area (Å²) in [5.41, 5.74) is 6.98. The van der Waals surface area contributed by atoms with Gasteiger partial charge in [-0.15, -0.1) is 0 Å². The van der Waals surface area contributed by atoms with Crippen molar-refractivity contribution in [3.05, 3.63) is 108 Å². The average molecular weight is 576 g/mol. The first-order valence-corrected chi connectivity index (χ1v) is 16.4. The molecule has 7 rings (SSSR count). The van der Waals surface area contributed by atoms with Crippen LogP contribution in [0.15, 0.2) is 107 Å². The second kappa shape index (κ2) is 11.7. The molecule has 0 N–H and O–H groups in total. The Labute approximate surface area is 249 Å². The van der Waals surface area contributed by atoms with Gasteiger partial charge in [-0.2, -0.15) is 33.7 Å². The topological polar surface area (TPSA) is 36.1 Å². The van der Waals surface area contributed by atoms with Gasteiger partial charge in [0.05, 0.1) is 36.9 Å². The molecule has 7 heteroatoms. The van der Waals surface area contributed by atoms with Crippen molar-refractivity contribution in [2.75, 3.05) is 34.6 Å². The highest BCUT2D eigenvalue weighted by atomic mass is 32.2. The zero-order valence-corrected chi connectivity index (χ0v) is 24.8. The van der Waals surface area contributed by atoms with Gasteiger partial charge in [0.25, 0.3) is 0 Å². The second-order valence-corrected chi connectivity index (χ2v) is 13.2. The highest BCUT2D eigenvalue weighted by Gasteiger charge is 2.26. The van der Waals surface area contributed by atoms with Crippen molar-refractivity contribution >= 4 is 69.1 Å². The fraction of sp³-hybridized carbons (Fsp3) is 0.235. The standard InChI is InChI=1S/C34H33N5S2/c1-2-37-33-15-13-25(19-35-38(21-29-23-40-29)27-9-5-3-6-10-27)17-31(33)32-18-26(14-16-34(32)37)20-36-39(22-30-24-41-30)28-11-7-4-8-12-28/h3-20,29-30H,2,21-24H2,1H3/b35-19+,36-20+. The monoisotopic (exact) mass is 575 g/mol. The lowest BCUT2D eigenvalue weighted by Crippen LogP contribution is -2.21. The molecular formula is C34H33N5S2. The van der Waals surface area contributed by atoms with Gasteiger partial charge in [-0.3, -0.25) is 10.0 Å². The Bertz CT molecular complexity index is 1580. The smallest absolute Gasteiger partial charge is 0.0594 e. The number of rotatable bonds is 11. The van der Waals surface area contributed by atoms with Gasteiger partial charge in [-0.25, -0.2) is 0 Å². The fourth-order valence-electron chi connectivity index (χ4n) is 5.28. The average Bonchev–Trinajstić information content (AvgIpc) is 3.97. The van der Waals surface area contributed by atoms with Crippen molar-refractivity contribution in [3.63, 3.8) is 0 Å². The summed E-state index contributed by atoms with van der Waals surface area (Å²) in [7, 11) is 0. The third-order valence-corrected chi connectivity index (χ3v) is 9.50. The van der Waals surface area contributed by atoms with Gasteiger partial charge >= 0.3 is 0 Å². The minimum absolute atomic E-state index is 0.665. The fourth-order valence-corrected chi connectivity index (χ4v) is 6.26. The largest absolute Gasteiger partial charge is 0.341 e. The summed E-state index contributed by atoms with van der Waals surface area (Å²) in [5.74, 6) is 2.44. The van der Waals surface area contributed by atoms with Gasteiger partial charge in [0, 0.05) is 50.4 Å². The van der Waals surface area contributed by atoms with Crippen molar-refractivity contribution in [1.82, 2.24) is 4.57 Å². The number of hydrogen-bond donors (Lipinski definition) is 0. The first-order chi connectivity index (χ1) is 20.2. The molecule has 4 aromatic carbocycles. The molecule has 0 aliphatic carbocycles. The first kappa shape index (κ1) is 26.2. The van der Waals surface area contributed by atoms with Crippen LogP contribution in [0.5, 0.6) is 0 Å². The van der Waals surface area contributed by atoms with Crippen LogP contribution in [-0.4, -0.2) is 52.1 Å². The summed E-state index contributed by atoms with van der Waals surface area (Å²) in [4.78, 5) is 0. The molecule has 2 saturated heterocycles. The number of aromatic nitrogens is 1. The number of benzene rings is 4. The Hall–Kier alpha value is -3.68. The molecule has 0 saturated carbocycles. The summed E-state index contributed by atoms with van der Waals surface area (Å²) in [6.45, 7) is 5.00. The van der Waals surface area contributed by atoms with Gasteiger partial charge in [-0.05, 0) is 66.6 Å². The molecule has 0 spiro atoms. The minimum atomic E-state index is 0.665. The van der Waals surface area contributed by atoms with E-state index in [-0.39, 0.29) is 0 Å². The molecule has 2 unspecified atom stereocenters. The molecule has 0 bridgehead atoms. The minimum Gasteiger partial charge on any atom is -0.341 e. The Kier molecular flexibility index (Phi) is 7.46. The molecule has 5 aromatic rings. The van der Waals surface area contributed by atoms with Crippen LogP contribution in [-0.2, 0) is 6.54 Å². The summed E-state index contributed by atoms with van der Waals surface area (Å²) in [6, 6.07) is 34.4. The summed E-state index contributed by atoms with van der Waals surface area (Å²) in [6.07, 6.45) is 4.01. The quantitative estimate of drug-likeness (QED) is 0.0918. The Morgan fingerprint density at radius 2 is 1.12 bits per heavy atom. The normalized spacial score (nSPS) is 18.1. The van der Waals surface area contributed by atoms with Gasteiger partial charge in [0.2, 0.25) is 0 Å². The Morgan fingerprint density at radius 1 is 0.683 bits per heavy atom. The highest BCUT2D eigenvalue weighted by Crippen LogP contribution is 2.34. The molecule has 0 radical (unpaired) electrons. The Morgan fingerprint density at radius 3 is 1.51 bits per heavy atom. The maximum absolute atomic E-state index is 4.94. The number of aryl methyl sites for hydroxylation is 1. The molecule has 0 amide bonds. The van der Waals surface area contributed by atoms with Gasteiger partial charge in [-0.1, -0.05) is 48.5 Å². The van der Waals surface area contributed by atoms with E-state index in [2.05, 4.69) is 119 Å². The molecule has 2 aliphatic heterocycles. The molecule has 1 aromatic heterocycles. The van der Waals surface area contributed by atoms with Crippen LogP contribution in [0, 0.1) is 0 Å². The van der Waals surface area contributed by atoms with E-state index in [1.165, 1.54) is 33.3 Å². The number of hydrogen-bond acceptors (Lipinski definition) is 6. The van der Waals surface area contributed by atoms with Gasteiger partial charge in [0.1, 0.15) is 0 Å². The van der Waals surface area contributed by atoms with E-state index in [0.717, 1.165) is 42.1 Å². The van der Waals surface area contributed by atoms with E-state index in [4.69, 9.17) is 10.2 Å². The molecule has 2 fully saturated rings. The SMILES string of the molecule is CCn1c2ccc(/C=N/N(CC3CS3)c3ccccc3)cc2c2cc(/C=N/N(CC3CS3)c3ccccc3)ccc21. The van der Waals surface area contributed by atoms with Gasteiger partial charge in [0.15, 0.2) is 0 Å². The number of fused-ring (bicyclic) bond motifs is 3. The van der Waals surface area contributed by atoms with Crippen LogP contribution in [0.25, 0.3) is 21.8 Å². The second-order valence-electron chi connectivity index (χ2n) is 10.5. The van der Waals surface area contributed by atoms with Crippen LogP contribution >= 0.6 is 23.5 Å². The van der Waals surface area contributed by atoms with Crippen molar-refractivity contribution in [1.29, 1.82) is 0 Å². The van der Waals surface area contributed by atoms with Gasteiger partial charge < -0.3 is 4.57 Å². The van der Waals surface area contributed by atoms with E-state index in [0.29, 0.717) is 10.5 Å². The molecule has 206 valence electrons. The van der Waals surface area contributed by atoms with E-state index in [1.54, 1.807) is 0 Å². The van der Waals surface area contributed by atoms with E-state index in [1.807, 2.05) is 36.0 Å². The lowest BCUT2D eigenvalue weighted by molar-refractivity contribution is 0.827. The molecular weight excluding hydrogens is 543 g/mol. The molecule has 41 heavy (non-hydrogen) atoms. The summed E-state index contributed by atoms with van der Waals surface area (Å²) >= 11 is 4.00. The van der Waals surface area contributed by atoms with Crippen LogP contribution in [0.1, 0.15) is 18.1 Å². The number of nitrogens with zero attached hydrogens (tertiary/aromatic N) is 5. The van der Waals surface area contributed by atoms with Crippen molar-refractivity contribution < 1.29 is 0 Å². The van der Waals surface area contributed by atoms with Crippen molar-refractivity contribution in [2.45, 2.75) is 24.0 Å². The molecule has 3 heterocycles. The lowest BCUT2D eigenvalue weighted by atomic mass is 10.1. The predicted molar refractivity (Wildman–Crippen MR) is 180 cm³/mol. The number of anilines is 2. The van der Waals surface area contributed by atoms with E-state index < -0.39 is 0 Å². The number of para-hydroxylation sites is 2. The predicted octanol–water partition coefficient (Wildman–Crippen LogP) is 7.73. The van der Waals surface area contributed by atoms with Crippen LogP contribution in [0.3, 0.4) is 0 Å². The third kappa shape index (κ3) is 6.02. The summed E-state index contributed by atoms with van der Waals surface area (Å²) in [5, 5.41) is 18.0. The first-order valence-electron chi connectivity index (χ1n) is 14.3. The third-order valence-electron chi connectivity index (χ3n) is 7.59. The lowest BCUT2D eigenvalue weighted by Gasteiger charge is -2.18. The van der Waals surface area contributed by atoms with Crippen LogP contribution < -0.4 is 10.0 Å². The maximum Gasteiger partial charge on any atom is 0.0594 e. The maximum atomic E-state index is 4.94.